The summed E-state index contributed by atoms with van der Waals surface area (Å²) in [5.41, 5.74) is -0.232. The van der Waals surface area contributed by atoms with Crippen molar-refractivity contribution in [2.75, 3.05) is 23.8 Å². The molecule has 0 radical (unpaired) electrons. The first-order valence-electron chi connectivity index (χ1n) is 7.83. The van der Waals surface area contributed by atoms with Gasteiger partial charge >= 0.3 is 5.97 Å². The zero-order valence-corrected chi connectivity index (χ0v) is 14.6. The van der Waals surface area contributed by atoms with Crippen molar-refractivity contribution in [3.8, 4) is 6.07 Å². The lowest BCUT2D eigenvalue weighted by atomic mass is 10.2. The van der Waals surface area contributed by atoms with Crippen molar-refractivity contribution in [1.82, 2.24) is 4.98 Å². The van der Waals surface area contributed by atoms with Gasteiger partial charge in [-0.15, -0.1) is 0 Å². The number of rotatable bonds is 6. The van der Waals surface area contributed by atoms with Crippen molar-refractivity contribution in [3.63, 3.8) is 0 Å². The second kappa shape index (κ2) is 8.71. The lowest BCUT2D eigenvalue weighted by Crippen LogP contribution is -2.35. The van der Waals surface area contributed by atoms with Crippen LogP contribution in [0.25, 0.3) is 0 Å². The number of carbonyl (C=O) groups excluding carboxylic acids is 2. The van der Waals surface area contributed by atoms with Crippen molar-refractivity contribution in [2.45, 2.75) is 13.0 Å². The Morgan fingerprint density at radius 1 is 1.30 bits per heavy atom. The Labute approximate surface area is 154 Å². The maximum atomic E-state index is 13.6. The quantitative estimate of drug-likeness (QED) is 0.779. The van der Waals surface area contributed by atoms with Crippen LogP contribution in [0.1, 0.15) is 12.5 Å². The number of pyridine rings is 1. The monoisotopic (exact) mass is 374 g/mol. The summed E-state index contributed by atoms with van der Waals surface area (Å²) in [7, 11) is 1.58. The molecule has 2 aromatic rings. The normalized spacial score (nSPS) is 11.2. The smallest absolute Gasteiger partial charge is 0.326 e. The van der Waals surface area contributed by atoms with Gasteiger partial charge in [-0.2, -0.15) is 5.26 Å². The molecule has 0 aliphatic carbocycles. The minimum absolute atomic E-state index is 0.218. The van der Waals surface area contributed by atoms with E-state index in [0.29, 0.717) is 11.4 Å². The Hall–Kier alpha value is -3.54. The Balaban J connectivity index is 1.92. The van der Waals surface area contributed by atoms with Crippen LogP contribution in [0.15, 0.2) is 36.5 Å². The SMILES string of the molecule is C[C@H](OC(=O)CN(C)c1ccc(C#N)cn1)C(=O)Nc1c(F)cccc1F. The van der Waals surface area contributed by atoms with Gasteiger partial charge in [-0.25, -0.2) is 13.8 Å². The maximum absolute atomic E-state index is 13.6. The van der Waals surface area contributed by atoms with E-state index in [0.717, 1.165) is 18.2 Å². The molecule has 140 valence electrons. The van der Waals surface area contributed by atoms with E-state index in [1.807, 2.05) is 6.07 Å². The lowest BCUT2D eigenvalue weighted by Gasteiger charge is -2.19. The number of halogens is 2. The van der Waals surface area contributed by atoms with Crippen LogP contribution < -0.4 is 10.2 Å². The minimum Gasteiger partial charge on any atom is -0.451 e. The van der Waals surface area contributed by atoms with E-state index in [2.05, 4.69) is 10.3 Å². The molecule has 7 nitrogen and oxygen atoms in total. The van der Waals surface area contributed by atoms with Crippen molar-refractivity contribution in [2.24, 2.45) is 0 Å². The molecule has 1 amide bonds. The van der Waals surface area contributed by atoms with Crippen molar-refractivity contribution >= 4 is 23.4 Å². The third-order valence-electron chi connectivity index (χ3n) is 3.52. The van der Waals surface area contributed by atoms with Gasteiger partial charge in [0.05, 0.1) is 5.56 Å². The third-order valence-corrected chi connectivity index (χ3v) is 3.52. The molecule has 9 heteroatoms. The molecule has 1 aromatic carbocycles. The minimum atomic E-state index is -1.26. The number of hydrogen-bond donors (Lipinski definition) is 1. The molecule has 0 aliphatic rings. The molecule has 0 fully saturated rings. The first kappa shape index (κ1) is 19.8. The second-order valence-corrected chi connectivity index (χ2v) is 5.59. The molecule has 0 spiro atoms. The molecular formula is C18H16F2N4O3. The zero-order chi connectivity index (χ0) is 20.0. The fourth-order valence-electron chi connectivity index (χ4n) is 2.08. The fourth-order valence-corrected chi connectivity index (χ4v) is 2.08. The number of benzene rings is 1. The number of hydrogen-bond acceptors (Lipinski definition) is 6. The molecule has 27 heavy (non-hydrogen) atoms. The van der Waals surface area contributed by atoms with E-state index in [9.17, 15) is 18.4 Å². The molecular weight excluding hydrogens is 358 g/mol. The second-order valence-electron chi connectivity index (χ2n) is 5.59. The van der Waals surface area contributed by atoms with E-state index in [1.165, 1.54) is 18.0 Å². The predicted octanol–water partition coefficient (Wildman–Crippen LogP) is 2.24. The van der Waals surface area contributed by atoms with E-state index >= 15 is 0 Å². The van der Waals surface area contributed by atoms with Gasteiger partial charge in [0.2, 0.25) is 0 Å². The Morgan fingerprint density at radius 3 is 2.52 bits per heavy atom. The van der Waals surface area contributed by atoms with Gasteiger partial charge in [0, 0.05) is 13.2 Å². The molecule has 0 bridgehead atoms. The van der Waals surface area contributed by atoms with Gasteiger partial charge in [-0.05, 0) is 31.2 Å². The van der Waals surface area contributed by atoms with Crippen LogP contribution in [0.2, 0.25) is 0 Å². The summed E-state index contributed by atoms with van der Waals surface area (Å²) >= 11 is 0. The van der Waals surface area contributed by atoms with E-state index < -0.39 is 35.3 Å². The van der Waals surface area contributed by atoms with Gasteiger partial charge in [-0.1, -0.05) is 6.07 Å². The molecule has 0 aliphatic heterocycles. The number of aromatic nitrogens is 1. The summed E-state index contributed by atoms with van der Waals surface area (Å²) in [6, 6.07) is 8.19. The first-order chi connectivity index (χ1) is 12.8. The van der Waals surface area contributed by atoms with Crippen LogP contribution in [-0.2, 0) is 14.3 Å². The van der Waals surface area contributed by atoms with Crippen LogP contribution in [0.4, 0.5) is 20.3 Å². The number of likely N-dealkylation sites (N-methyl/N-ethyl adjacent to an activating group) is 1. The Bertz CT molecular complexity index is 861. The number of nitrogens with one attached hydrogen (secondary N) is 1. The molecule has 0 saturated heterocycles. The maximum Gasteiger partial charge on any atom is 0.326 e. The number of carbonyl (C=O) groups is 2. The lowest BCUT2D eigenvalue weighted by molar-refractivity contribution is -0.151. The van der Waals surface area contributed by atoms with Crippen LogP contribution >= 0.6 is 0 Å². The summed E-state index contributed by atoms with van der Waals surface area (Å²) in [6.45, 7) is 1.07. The van der Waals surface area contributed by atoms with Crippen molar-refractivity contribution in [3.05, 3.63) is 53.7 Å². The molecule has 1 heterocycles. The molecule has 0 saturated carbocycles. The fraction of sp³-hybridized carbons (Fsp3) is 0.222. The molecule has 1 atom stereocenters. The number of nitrogens with zero attached hydrogens (tertiary/aromatic N) is 3. The number of para-hydroxylation sites is 1. The van der Waals surface area contributed by atoms with Crippen molar-refractivity contribution in [1.29, 1.82) is 5.26 Å². The van der Waals surface area contributed by atoms with Crippen LogP contribution in [0, 0.1) is 23.0 Å². The largest absolute Gasteiger partial charge is 0.451 e. The van der Waals surface area contributed by atoms with Crippen LogP contribution in [0.5, 0.6) is 0 Å². The summed E-state index contributed by atoms with van der Waals surface area (Å²) in [5, 5.41) is 10.8. The topological polar surface area (TPSA) is 95.3 Å². The van der Waals surface area contributed by atoms with Gasteiger partial charge < -0.3 is 15.0 Å². The standard InChI is InChI=1S/C18H16F2N4O3/c1-11(18(26)23-17-13(19)4-3-5-14(17)20)27-16(25)10-24(2)15-7-6-12(8-21)9-22-15/h3-7,9,11H,10H2,1-2H3,(H,23,26)/t11-/m0/s1. The highest BCUT2D eigenvalue weighted by Gasteiger charge is 2.21. The summed E-state index contributed by atoms with van der Waals surface area (Å²) in [4.78, 5) is 29.5. The van der Waals surface area contributed by atoms with E-state index in [4.69, 9.17) is 10.00 Å². The number of nitriles is 1. The van der Waals surface area contributed by atoms with Crippen LogP contribution in [-0.4, -0.2) is 36.6 Å². The Morgan fingerprint density at radius 2 is 1.96 bits per heavy atom. The third kappa shape index (κ3) is 5.22. The highest BCUT2D eigenvalue weighted by Crippen LogP contribution is 2.18. The highest BCUT2D eigenvalue weighted by molar-refractivity contribution is 5.95. The van der Waals surface area contributed by atoms with Gasteiger partial charge in [0.25, 0.3) is 5.91 Å². The first-order valence-corrected chi connectivity index (χ1v) is 7.83. The van der Waals surface area contributed by atoms with E-state index in [1.54, 1.807) is 19.2 Å². The average molecular weight is 374 g/mol. The van der Waals surface area contributed by atoms with E-state index in [-0.39, 0.29) is 6.54 Å². The molecule has 1 aromatic heterocycles. The summed E-state index contributed by atoms with van der Waals surface area (Å²) < 4.78 is 32.1. The van der Waals surface area contributed by atoms with Gasteiger partial charge in [0.1, 0.15) is 35.8 Å². The molecule has 2 rings (SSSR count). The summed E-state index contributed by atoms with van der Waals surface area (Å²) in [5.74, 6) is -3.05. The molecule has 0 unspecified atom stereocenters. The highest BCUT2D eigenvalue weighted by atomic mass is 19.1. The van der Waals surface area contributed by atoms with Gasteiger partial charge in [-0.3, -0.25) is 9.59 Å². The average Bonchev–Trinajstić information content (AvgIpc) is 2.64. The number of esters is 1. The number of amides is 1. The molecule has 1 N–H and O–H groups in total. The number of anilines is 2. The van der Waals surface area contributed by atoms with Crippen molar-refractivity contribution < 1.29 is 23.1 Å². The Kier molecular flexibility index (Phi) is 6.38. The van der Waals surface area contributed by atoms with Gasteiger partial charge in [0.15, 0.2) is 6.10 Å². The van der Waals surface area contributed by atoms with Crippen LogP contribution in [0.3, 0.4) is 0 Å². The summed E-state index contributed by atoms with van der Waals surface area (Å²) in [6.07, 6.45) is 0.0924. The zero-order valence-electron chi connectivity index (χ0n) is 14.6. The predicted molar refractivity (Wildman–Crippen MR) is 92.8 cm³/mol. The number of ether oxygens (including phenoxy) is 1.